The minimum atomic E-state index is -0.371. The number of nitrogens with zero attached hydrogens (tertiary/aromatic N) is 1. The summed E-state index contributed by atoms with van der Waals surface area (Å²) in [6.07, 6.45) is 9.19. The van der Waals surface area contributed by atoms with E-state index in [1.54, 1.807) is 0 Å². The van der Waals surface area contributed by atoms with Gasteiger partial charge in [-0.25, -0.2) is 0 Å². The van der Waals surface area contributed by atoms with Crippen LogP contribution in [0.1, 0.15) is 77.5 Å². The molecule has 4 heteroatoms. The largest absolute Gasteiger partial charge is 0.469 e. The fourth-order valence-electron chi connectivity index (χ4n) is 6.64. The van der Waals surface area contributed by atoms with Gasteiger partial charge >= 0.3 is 5.97 Å². The van der Waals surface area contributed by atoms with Gasteiger partial charge < -0.3 is 9.15 Å². The molecule has 0 spiro atoms. The van der Waals surface area contributed by atoms with Crippen molar-refractivity contribution in [2.75, 3.05) is 20.2 Å². The number of hydrogen-bond donors (Lipinski definition) is 0. The van der Waals surface area contributed by atoms with Crippen molar-refractivity contribution >= 4 is 5.97 Å². The summed E-state index contributed by atoms with van der Waals surface area (Å²) in [6, 6.07) is 2.14. The van der Waals surface area contributed by atoms with Gasteiger partial charge in [-0.2, -0.15) is 0 Å². The van der Waals surface area contributed by atoms with Gasteiger partial charge in [0.25, 0.3) is 0 Å². The SMILES string of the molecule is C=C1CC[C@@H]2[C@](C)(CCC[C@]2(C)C(=O)OC)[C@H]1CCc1ccoc1CN(CC)CC. The highest BCUT2D eigenvalue weighted by atomic mass is 16.5. The Labute approximate surface area is 183 Å². The van der Waals surface area contributed by atoms with Crippen molar-refractivity contribution in [3.63, 3.8) is 0 Å². The number of furan rings is 1. The molecule has 1 heterocycles. The first-order chi connectivity index (χ1) is 14.3. The second-order valence-electron chi connectivity index (χ2n) is 9.94. The quantitative estimate of drug-likeness (QED) is 0.385. The van der Waals surface area contributed by atoms with Gasteiger partial charge in [-0.05, 0) is 87.4 Å². The van der Waals surface area contributed by atoms with Crippen LogP contribution in [0.2, 0.25) is 0 Å². The average Bonchev–Trinajstić information content (AvgIpc) is 3.17. The molecule has 0 aromatic carbocycles. The molecule has 0 radical (unpaired) electrons. The molecule has 1 aromatic heterocycles. The monoisotopic (exact) mass is 415 g/mol. The predicted molar refractivity (Wildman–Crippen MR) is 121 cm³/mol. The molecule has 0 bridgehead atoms. The van der Waals surface area contributed by atoms with Crippen LogP contribution in [0.3, 0.4) is 0 Å². The zero-order chi connectivity index (χ0) is 21.9. The molecule has 1 aromatic rings. The van der Waals surface area contributed by atoms with Crippen molar-refractivity contribution in [2.24, 2.45) is 22.7 Å². The molecule has 0 unspecified atom stereocenters. The fraction of sp³-hybridized carbons (Fsp3) is 0.731. The van der Waals surface area contributed by atoms with Crippen LogP contribution < -0.4 is 0 Å². The third kappa shape index (κ3) is 4.12. The van der Waals surface area contributed by atoms with Crippen molar-refractivity contribution in [1.82, 2.24) is 4.90 Å². The lowest BCUT2D eigenvalue weighted by Crippen LogP contribution is -2.53. The molecule has 30 heavy (non-hydrogen) atoms. The lowest BCUT2D eigenvalue weighted by atomic mass is 9.46. The molecule has 4 nitrogen and oxygen atoms in total. The zero-order valence-electron chi connectivity index (χ0n) is 19.8. The van der Waals surface area contributed by atoms with E-state index in [1.807, 2.05) is 6.26 Å². The standard InChI is InChI=1S/C26H41NO3/c1-7-27(8-2)18-22-20(14-17-30-22)11-12-21-19(3)10-13-23-25(21,4)15-9-16-26(23,5)24(28)29-6/h14,17,21,23H,3,7-13,15-16,18H2,1-2,4-6H3/t21-,23+,25+,26-/m0/s1. The Hall–Kier alpha value is -1.55. The maximum absolute atomic E-state index is 12.8. The van der Waals surface area contributed by atoms with E-state index in [9.17, 15) is 4.79 Å². The average molecular weight is 416 g/mol. The molecule has 0 amide bonds. The van der Waals surface area contributed by atoms with Crippen molar-refractivity contribution in [3.8, 4) is 0 Å². The van der Waals surface area contributed by atoms with Crippen molar-refractivity contribution in [1.29, 1.82) is 0 Å². The second-order valence-corrected chi connectivity index (χ2v) is 9.94. The lowest BCUT2D eigenvalue weighted by Gasteiger charge is -2.57. The molecular formula is C26H41NO3. The van der Waals surface area contributed by atoms with Crippen molar-refractivity contribution < 1.29 is 13.9 Å². The number of allylic oxidation sites excluding steroid dienone is 1. The first-order valence-electron chi connectivity index (χ1n) is 11.8. The van der Waals surface area contributed by atoms with Gasteiger partial charge in [-0.1, -0.05) is 39.3 Å². The van der Waals surface area contributed by atoms with Crippen LogP contribution in [0.25, 0.3) is 0 Å². The molecule has 2 saturated carbocycles. The molecule has 168 valence electrons. The van der Waals surface area contributed by atoms with Gasteiger partial charge in [0.05, 0.1) is 25.3 Å². The summed E-state index contributed by atoms with van der Waals surface area (Å²) in [5.74, 6) is 1.88. The summed E-state index contributed by atoms with van der Waals surface area (Å²) < 4.78 is 11.1. The summed E-state index contributed by atoms with van der Waals surface area (Å²) in [6.45, 7) is 16.4. The molecule has 0 N–H and O–H groups in total. The Bertz CT molecular complexity index is 749. The van der Waals surface area contributed by atoms with Gasteiger partial charge in [0.15, 0.2) is 0 Å². The Morgan fingerprint density at radius 3 is 2.70 bits per heavy atom. The number of esters is 1. The predicted octanol–water partition coefficient (Wildman–Crippen LogP) is 6.01. The molecule has 2 fully saturated rings. The fourth-order valence-corrected chi connectivity index (χ4v) is 6.64. The molecule has 3 rings (SSSR count). The highest BCUT2D eigenvalue weighted by Gasteiger charge is 2.57. The highest BCUT2D eigenvalue weighted by molar-refractivity contribution is 5.77. The van der Waals surface area contributed by atoms with E-state index in [-0.39, 0.29) is 16.8 Å². The minimum Gasteiger partial charge on any atom is -0.469 e. The van der Waals surface area contributed by atoms with Gasteiger partial charge in [-0.15, -0.1) is 0 Å². The molecule has 0 saturated heterocycles. The third-order valence-corrected chi connectivity index (χ3v) is 8.47. The number of ether oxygens (including phenoxy) is 1. The van der Waals surface area contributed by atoms with Crippen LogP contribution in [0.4, 0.5) is 0 Å². The smallest absolute Gasteiger partial charge is 0.311 e. The second kappa shape index (κ2) is 9.30. The van der Waals surface area contributed by atoms with E-state index in [0.29, 0.717) is 11.8 Å². The molecular weight excluding hydrogens is 374 g/mol. The molecule has 2 aliphatic rings. The first kappa shape index (κ1) is 23.1. The van der Waals surface area contributed by atoms with E-state index in [2.05, 4.69) is 45.2 Å². The molecule has 0 aliphatic heterocycles. The van der Waals surface area contributed by atoms with Gasteiger partial charge in [0.2, 0.25) is 0 Å². The van der Waals surface area contributed by atoms with E-state index in [1.165, 1.54) is 24.7 Å². The van der Waals surface area contributed by atoms with Crippen molar-refractivity contribution in [3.05, 3.63) is 35.8 Å². The Balaban J connectivity index is 1.78. The van der Waals surface area contributed by atoms with Crippen LogP contribution in [-0.4, -0.2) is 31.1 Å². The third-order valence-electron chi connectivity index (χ3n) is 8.47. The number of hydrogen-bond acceptors (Lipinski definition) is 4. The normalized spacial score (nSPS) is 31.6. The summed E-state index contributed by atoms with van der Waals surface area (Å²) in [5, 5.41) is 0. The van der Waals surface area contributed by atoms with E-state index in [4.69, 9.17) is 9.15 Å². The van der Waals surface area contributed by atoms with E-state index >= 15 is 0 Å². The van der Waals surface area contributed by atoms with Crippen LogP contribution in [0, 0.1) is 22.7 Å². The van der Waals surface area contributed by atoms with E-state index in [0.717, 1.165) is 63.9 Å². The van der Waals surface area contributed by atoms with Crippen LogP contribution in [-0.2, 0) is 22.5 Å². The first-order valence-corrected chi connectivity index (χ1v) is 11.8. The summed E-state index contributed by atoms with van der Waals surface area (Å²) >= 11 is 0. The minimum absolute atomic E-state index is 0.0268. The Morgan fingerprint density at radius 2 is 2.03 bits per heavy atom. The van der Waals surface area contributed by atoms with Gasteiger partial charge in [0, 0.05) is 0 Å². The maximum Gasteiger partial charge on any atom is 0.311 e. The summed E-state index contributed by atoms with van der Waals surface area (Å²) in [4.78, 5) is 15.2. The van der Waals surface area contributed by atoms with Crippen LogP contribution in [0.15, 0.2) is 28.9 Å². The van der Waals surface area contributed by atoms with Crippen LogP contribution >= 0.6 is 0 Å². The number of carbonyl (C=O) groups is 1. The number of rotatable bonds is 8. The Morgan fingerprint density at radius 1 is 1.30 bits per heavy atom. The summed E-state index contributed by atoms with van der Waals surface area (Å²) in [7, 11) is 1.54. The van der Waals surface area contributed by atoms with Crippen LogP contribution in [0.5, 0.6) is 0 Å². The van der Waals surface area contributed by atoms with Gasteiger partial charge in [0.1, 0.15) is 5.76 Å². The number of methoxy groups -OCH3 is 1. The summed E-state index contributed by atoms with van der Waals surface area (Å²) in [5.41, 5.74) is 2.44. The number of carbonyl (C=O) groups excluding carboxylic acids is 1. The lowest BCUT2D eigenvalue weighted by molar-refractivity contribution is -0.168. The number of fused-ring (bicyclic) bond motifs is 1. The van der Waals surface area contributed by atoms with Crippen molar-refractivity contribution in [2.45, 2.75) is 79.2 Å². The topological polar surface area (TPSA) is 42.7 Å². The molecule has 4 atom stereocenters. The van der Waals surface area contributed by atoms with E-state index < -0.39 is 0 Å². The Kier molecular flexibility index (Phi) is 7.16. The highest BCUT2D eigenvalue weighted by Crippen LogP contribution is 2.62. The molecule has 2 aliphatic carbocycles. The zero-order valence-corrected chi connectivity index (χ0v) is 19.8. The maximum atomic E-state index is 12.8. The number of aryl methyl sites for hydroxylation is 1. The van der Waals surface area contributed by atoms with Gasteiger partial charge in [-0.3, -0.25) is 9.69 Å².